The lowest BCUT2D eigenvalue weighted by Crippen LogP contribution is -2.33. The molecule has 1 aromatic heterocycles. The monoisotopic (exact) mass is 260 g/mol. The van der Waals surface area contributed by atoms with E-state index >= 15 is 0 Å². The van der Waals surface area contributed by atoms with Gasteiger partial charge in [0.25, 0.3) is 0 Å². The van der Waals surface area contributed by atoms with Crippen LogP contribution in [-0.4, -0.2) is 16.9 Å². The maximum Gasteiger partial charge on any atom is 0.103 e. The minimum Gasteiger partial charge on any atom is -0.375 e. The molecule has 2 aromatic rings. The molecular formula is C14H20N4O. The van der Waals surface area contributed by atoms with Crippen LogP contribution in [0.5, 0.6) is 0 Å². The minimum absolute atomic E-state index is 0.132. The second kappa shape index (κ2) is 6.47. The van der Waals surface area contributed by atoms with Crippen LogP contribution in [0.2, 0.25) is 0 Å². The van der Waals surface area contributed by atoms with Crippen LogP contribution in [0.4, 0.5) is 0 Å². The van der Waals surface area contributed by atoms with Gasteiger partial charge in [0.15, 0.2) is 0 Å². The van der Waals surface area contributed by atoms with Gasteiger partial charge in [-0.25, -0.2) is 5.43 Å². The number of aryl methyl sites for hydroxylation is 1. The lowest BCUT2D eigenvalue weighted by Gasteiger charge is -2.25. The molecule has 0 amide bonds. The Morgan fingerprint density at radius 3 is 2.58 bits per heavy atom. The third kappa shape index (κ3) is 3.01. The van der Waals surface area contributed by atoms with E-state index in [-0.39, 0.29) is 12.1 Å². The SMILES string of the molecule is CCn1cc(C(NN)C(OC)c2ccccc2)cn1. The fourth-order valence-corrected chi connectivity index (χ4v) is 2.18. The summed E-state index contributed by atoms with van der Waals surface area (Å²) in [7, 11) is 1.69. The van der Waals surface area contributed by atoms with Crippen molar-refractivity contribution >= 4 is 0 Å². The molecule has 0 fully saturated rings. The summed E-state index contributed by atoms with van der Waals surface area (Å²) < 4.78 is 7.48. The third-order valence-corrected chi connectivity index (χ3v) is 3.20. The van der Waals surface area contributed by atoms with Crippen LogP contribution >= 0.6 is 0 Å². The second-order valence-electron chi connectivity index (χ2n) is 4.34. The zero-order valence-electron chi connectivity index (χ0n) is 11.3. The molecule has 0 saturated heterocycles. The quantitative estimate of drug-likeness (QED) is 0.614. The van der Waals surface area contributed by atoms with Gasteiger partial charge in [-0.1, -0.05) is 30.3 Å². The predicted molar refractivity (Wildman–Crippen MR) is 74.2 cm³/mol. The summed E-state index contributed by atoms with van der Waals surface area (Å²) in [5.74, 6) is 5.70. The van der Waals surface area contributed by atoms with E-state index in [0.29, 0.717) is 0 Å². The van der Waals surface area contributed by atoms with Gasteiger partial charge in [-0.05, 0) is 12.5 Å². The van der Waals surface area contributed by atoms with Crippen LogP contribution in [0.25, 0.3) is 0 Å². The van der Waals surface area contributed by atoms with Gasteiger partial charge >= 0.3 is 0 Å². The Balaban J connectivity index is 2.28. The number of hydrogen-bond donors (Lipinski definition) is 2. The molecule has 3 N–H and O–H groups in total. The Kier molecular flexibility index (Phi) is 4.68. The van der Waals surface area contributed by atoms with Gasteiger partial charge in [0.05, 0.1) is 12.2 Å². The Labute approximate surface area is 113 Å². The van der Waals surface area contributed by atoms with Gasteiger partial charge in [-0.3, -0.25) is 10.5 Å². The van der Waals surface area contributed by atoms with E-state index in [1.807, 2.05) is 54.3 Å². The normalized spacial score (nSPS) is 14.3. The maximum atomic E-state index is 5.70. The van der Waals surface area contributed by atoms with Crippen molar-refractivity contribution in [1.82, 2.24) is 15.2 Å². The molecule has 0 radical (unpaired) electrons. The average Bonchev–Trinajstić information content (AvgIpc) is 2.94. The number of nitrogens with one attached hydrogen (secondary N) is 1. The van der Waals surface area contributed by atoms with Crippen molar-refractivity contribution in [3.8, 4) is 0 Å². The summed E-state index contributed by atoms with van der Waals surface area (Å²) in [5.41, 5.74) is 4.92. The Hall–Kier alpha value is -1.69. The largest absolute Gasteiger partial charge is 0.375 e. The second-order valence-corrected chi connectivity index (χ2v) is 4.34. The van der Waals surface area contributed by atoms with Crippen LogP contribution in [0.15, 0.2) is 42.7 Å². The smallest absolute Gasteiger partial charge is 0.103 e. The minimum atomic E-state index is -0.152. The summed E-state index contributed by atoms with van der Waals surface area (Å²) in [4.78, 5) is 0. The van der Waals surface area contributed by atoms with E-state index in [9.17, 15) is 0 Å². The molecule has 19 heavy (non-hydrogen) atoms. The summed E-state index contributed by atoms with van der Waals surface area (Å²) in [5, 5.41) is 4.28. The first-order chi connectivity index (χ1) is 9.30. The van der Waals surface area contributed by atoms with Crippen molar-refractivity contribution in [2.45, 2.75) is 25.6 Å². The van der Waals surface area contributed by atoms with Gasteiger partial charge in [0, 0.05) is 25.4 Å². The molecule has 1 heterocycles. The molecule has 2 atom stereocenters. The molecule has 2 rings (SSSR count). The van der Waals surface area contributed by atoms with Crippen molar-refractivity contribution in [2.75, 3.05) is 7.11 Å². The molecule has 0 bridgehead atoms. The molecule has 0 saturated carbocycles. The fraction of sp³-hybridized carbons (Fsp3) is 0.357. The number of rotatable bonds is 6. The molecule has 5 heteroatoms. The van der Waals surface area contributed by atoms with Crippen molar-refractivity contribution in [3.05, 3.63) is 53.9 Å². The van der Waals surface area contributed by atoms with Crippen LogP contribution in [0.3, 0.4) is 0 Å². The fourth-order valence-electron chi connectivity index (χ4n) is 2.18. The number of benzene rings is 1. The summed E-state index contributed by atoms with van der Waals surface area (Å²) in [6.45, 7) is 2.88. The predicted octanol–water partition coefficient (Wildman–Crippen LogP) is 1.80. The van der Waals surface area contributed by atoms with E-state index < -0.39 is 0 Å². The van der Waals surface area contributed by atoms with Crippen LogP contribution in [0, 0.1) is 0 Å². The number of methoxy groups -OCH3 is 1. The number of aromatic nitrogens is 2. The zero-order valence-corrected chi connectivity index (χ0v) is 11.3. The van der Waals surface area contributed by atoms with Gasteiger partial charge in [0.2, 0.25) is 0 Å². The number of nitrogens with zero attached hydrogens (tertiary/aromatic N) is 2. The van der Waals surface area contributed by atoms with E-state index in [4.69, 9.17) is 10.6 Å². The van der Waals surface area contributed by atoms with Crippen molar-refractivity contribution in [2.24, 2.45) is 5.84 Å². The molecular weight excluding hydrogens is 240 g/mol. The zero-order chi connectivity index (χ0) is 13.7. The summed E-state index contributed by atoms with van der Waals surface area (Å²) in [6, 6.07) is 9.89. The van der Waals surface area contributed by atoms with E-state index in [2.05, 4.69) is 10.5 Å². The highest BCUT2D eigenvalue weighted by molar-refractivity contribution is 5.23. The first kappa shape index (κ1) is 13.7. The molecule has 0 spiro atoms. The highest BCUT2D eigenvalue weighted by Gasteiger charge is 2.24. The number of ether oxygens (including phenoxy) is 1. The van der Waals surface area contributed by atoms with Crippen LogP contribution in [-0.2, 0) is 11.3 Å². The Morgan fingerprint density at radius 1 is 1.32 bits per heavy atom. The van der Waals surface area contributed by atoms with Crippen molar-refractivity contribution < 1.29 is 4.74 Å². The van der Waals surface area contributed by atoms with Crippen molar-refractivity contribution in [1.29, 1.82) is 0 Å². The number of hydrazine groups is 1. The first-order valence-electron chi connectivity index (χ1n) is 6.36. The van der Waals surface area contributed by atoms with Gasteiger partial charge in [-0.15, -0.1) is 0 Å². The van der Waals surface area contributed by atoms with Crippen LogP contribution in [0.1, 0.15) is 30.2 Å². The molecule has 1 aromatic carbocycles. The molecule has 5 nitrogen and oxygen atoms in total. The topological polar surface area (TPSA) is 65.1 Å². The molecule has 0 aliphatic carbocycles. The van der Waals surface area contributed by atoms with Crippen LogP contribution < -0.4 is 11.3 Å². The van der Waals surface area contributed by atoms with Crippen molar-refractivity contribution in [3.63, 3.8) is 0 Å². The van der Waals surface area contributed by atoms with E-state index in [1.54, 1.807) is 7.11 Å². The highest BCUT2D eigenvalue weighted by atomic mass is 16.5. The molecule has 0 aliphatic rings. The number of nitrogens with two attached hydrogens (primary N) is 1. The maximum absolute atomic E-state index is 5.70. The van der Waals surface area contributed by atoms with E-state index in [1.165, 1.54) is 0 Å². The average molecular weight is 260 g/mol. The van der Waals surface area contributed by atoms with Gasteiger partial charge in [-0.2, -0.15) is 5.10 Å². The molecule has 102 valence electrons. The first-order valence-corrected chi connectivity index (χ1v) is 6.36. The molecule has 2 unspecified atom stereocenters. The standard InChI is InChI=1S/C14H20N4O/c1-3-18-10-12(9-16-18)13(17-15)14(19-2)11-7-5-4-6-8-11/h4-10,13-14,17H,3,15H2,1-2H3. The lowest BCUT2D eigenvalue weighted by atomic mass is 9.98. The Morgan fingerprint density at radius 2 is 2.05 bits per heavy atom. The summed E-state index contributed by atoms with van der Waals surface area (Å²) in [6.07, 6.45) is 3.66. The Bertz CT molecular complexity index is 497. The lowest BCUT2D eigenvalue weighted by molar-refractivity contribution is 0.0676. The third-order valence-electron chi connectivity index (χ3n) is 3.20. The molecule has 0 aliphatic heterocycles. The van der Waals surface area contributed by atoms with Gasteiger partial charge < -0.3 is 4.74 Å². The summed E-state index contributed by atoms with van der Waals surface area (Å²) >= 11 is 0. The van der Waals surface area contributed by atoms with E-state index in [0.717, 1.165) is 17.7 Å². The van der Waals surface area contributed by atoms with Gasteiger partial charge in [0.1, 0.15) is 6.10 Å². The highest BCUT2D eigenvalue weighted by Crippen LogP contribution is 2.30. The number of hydrogen-bond acceptors (Lipinski definition) is 4.